The summed E-state index contributed by atoms with van der Waals surface area (Å²) in [7, 11) is 1.52. The zero-order valence-corrected chi connectivity index (χ0v) is 15.3. The van der Waals surface area contributed by atoms with E-state index in [1.165, 1.54) is 7.11 Å². The van der Waals surface area contributed by atoms with Crippen LogP contribution in [0, 0.1) is 0 Å². The summed E-state index contributed by atoms with van der Waals surface area (Å²) < 4.78 is 6.73. The number of anilines is 1. The minimum atomic E-state index is -0.328. The van der Waals surface area contributed by atoms with Gasteiger partial charge in [-0.1, -0.05) is 0 Å². The lowest BCUT2D eigenvalue weighted by atomic mass is 10.1. The van der Waals surface area contributed by atoms with Gasteiger partial charge in [0.05, 0.1) is 18.3 Å². The molecule has 2 amide bonds. The van der Waals surface area contributed by atoms with Gasteiger partial charge in [0.1, 0.15) is 5.52 Å². The van der Waals surface area contributed by atoms with Crippen molar-refractivity contribution in [2.75, 3.05) is 19.0 Å². The molecular weight excluding hydrogens is 360 g/mol. The number of carbonyl (C=O) groups is 1. The molecule has 0 aliphatic carbocycles. The van der Waals surface area contributed by atoms with Crippen LogP contribution in [0.4, 0.5) is 10.7 Å². The van der Waals surface area contributed by atoms with Gasteiger partial charge in [0.2, 0.25) is 5.95 Å². The predicted octanol–water partition coefficient (Wildman–Crippen LogP) is 2.36. The molecule has 0 bridgehead atoms. The molecule has 28 heavy (non-hydrogen) atoms. The van der Waals surface area contributed by atoms with Crippen molar-refractivity contribution >= 4 is 23.0 Å². The lowest BCUT2D eigenvalue weighted by Gasteiger charge is -2.07. The summed E-state index contributed by atoms with van der Waals surface area (Å²) in [5.41, 5.74) is 3.85. The van der Waals surface area contributed by atoms with Crippen molar-refractivity contribution in [3.8, 4) is 22.8 Å². The number of aromatic nitrogens is 6. The maximum Gasteiger partial charge on any atom is 0.321 e. The Morgan fingerprint density at radius 1 is 1.25 bits per heavy atom. The van der Waals surface area contributed by atoms with E-state index in [2.05, 4.69) is 35.7 Å². The number of benzene rings is 1. The second-order valence-corrected chi connectivity index (χ2v) is 5.87. The zero-order chi connectivity index (χ0) is 19.5. The van der Waals surface area contributed by atoms with Crippen LogP contribution in [0.5, 0.6) is 6.01 Å². The first kappa shape index (κ1) is 17.5. The van der Waals surface area contributed by atoms with Crippen molar-refractivity contribution in [1.29, 1.82) is 0 Å². The predicted molar refractivity (Wildman–Crippen MR) is 103 cm³/mol. The van der Waals surface area contributed by atoms with E-state index in [4.69, 9.17) is 4.74 Å². The summed E-state index contributed by atoms with van der Waals surface area (Å²) in [6, 6.07) is 5.66. The molecule has 3 aromatic heterocycles. The van der Waals surface area contributed by atoms with Gasteiger partial charge in [0.15, 0.2) is 0 Å². The summed E-state index contributed by atoms with van der Waals surface area (Å²) >= 11 is 0. The lowest BCUT2D eigenvalue weighted by Crippen LogP contribution is -2.28. The number of hydrogen-bond acceptors (Lipinski definition) is 6. The van der Waals surface area contributed by atoms with Crippen LogP contribution in [-0.4, -0.2) is 49.4 Å². The van der Waals surface area contributed by atoms with E-state index in [0.29, 0.717) is 24.0 Å². The van der Waals surface area contributed by atoms with Crippen molar-refractivity contribution < 1.29 is 9.53 Å². The van der Waals surface area contributed by atoms with Crippen LogP contribution in [-0.2, 0) is 0 Å². The summed E-state index contributed by atoms with van der Waals surface area (Å²) in [6.45, 7) is 2.36. The van der Waals surface area contributed by atoms with E-state index < -0.39 is 0 Å². The first-order chi connectivity index (χ1) is 13.7. The number of amides is 2. The number of ether oxygens (including phenoxy) is 1. The van der Waals surface area contributed by atoms with Crippen LogP contribution in [0.15, 0.2) is 43.0 Å². The van der Waals surface area contributed by atoms with Crippen LogP contribution < -0.4 is 15.4 Å². The third-order valence-corrected chi connectivity index (χ3v) is 4.03. The average Bonchev–Trinajstić information content (AvgIpc) is 3.37. The molecule has 3 heterocycles. The van der Waals surface area contributed by atoms with E-state index in [9.17, 15) is 4.79 Å². The molecular formula is C18H18N8O2. The first-order valence-corrected chi connectivity index (χ1v) is 8.63. The van der Waals surface area contributed by atoms with Crippen LogP contribution in [0.1, 0.15) is 6.92 Å². The Balaban J connectivity index is 1.82. The fourth-order valence-corrected chi connectivity index (χ4v) is 2.79. The van der Waals surface area contributed by atoms with Crippen molar-refractivity contribution in [3.63, 3.8) is 0 Å². The van der Waals surface area contributed by atoms with Gasteiger partial charge in [0, 0.05) is 36.9 Å². The van der Waals surface area contributed by atoms with Gasteiger partial charge in [0.25, 0.3) is 0 Å². The maximum absolute atomic E-state index is 11.8. The quantitative estimate of drug-likeness (QED) is 0.490. The number of hydrogen-bond donors (Lipinski definition) is 3. The topological polar surface area (TPSA) is 123 Å². The van der Waals surface area contributed by atoms with Crippen molar-refractivity contribution in [2.24, 2.45) is 0 Å². The number of nitrogens with one attached hydrogen (secondary N) is 3. The van der Waals surface area contributed by atoms with Crippen LogP contribution >= 0.6 is 0 Å². The molecule has 10 nitrogen and oxygen atoms in total. The number of methoxy groups -OCH3 is 1. The minimum Gasteiger partial charge on any atom is -0.467 e. The highest BCUT2D eigenvalue weighted by atomic mass is 16.5. The Bertz CT molecular complexity index is 1100. The third kappa shape index (κ3) is 3.34. The molecule has 0 fully saturated rings. The Morgan fingerprint density at radius 2 is 2.07 bits per heavy atom. The highest BCUT2D eigenvalue weighted by molar-refractivity contribution is 5.94. The van der Waals surface area contributed by atoms with E-state index in [1.807, 2.05) is 31.3 Å². The van der Waals surface area contributed by atoms with E-state index in [-0.39, 0.29) is 6.03 Å². The number of fused-ring (bicyclic) bond motifs is 1. The molecule has 1 aromatic carbocycles. The van der Waals surface area contributed by atoms with Crippen LogP contribution in [0.3, 0.4) is 0 Å². The van der Waals surface area contributed by atoms with Gasteiger partial charge in [-0.3, -0.25) is 5.32 Å². The highest BCUT2D eigenvalue weighted by Crippen LogP contribution is 2.29. The summed E-state index contributed by atoms with van der Waals surface area (Å²) in [6.07, 6.45) is 6.89. The molecule has 0 atom stereocenters. The molecule has 4 rings (SSSR count). The molecule has 0 aliphatic heterocycles. The number of aromatic amines is 1. The Kier molecular flexibility index (Phi) is 4.58. The molecule has 0 aliphatic rings. The average molecular weight is 378 g/mol. The Hall–Kier alpha value is -3.95. The van der Waals surface area contributed by atoms with Crippen LogP contribution in [0.25, 0.3) is 27.8 Å². The SMILES string of the molecule is CCNC(=O)Nc1nc2c(-n3cccn3)cc(-c3cnc(OC)nc3)cc2[nH]1. The maximum atomic E-state index is 11.8. The van der Waals surface area contributed by atoms with Crippen LogP contribution in [0.2, 0.25) is 0 Å². The standard InChI is InChI=1S/C18H18N8O2/c1-3-19-17(27)25-16-23-13-7-11(12-9-20-18(28-2)21-10-12)8-14(15(13)24-16)26-6-4-5-22-26/h4-10H,3H2,1-2H3,(H3,19,23,24,25,27). The summed E-state index contributed by atoms with van der Waals surface area (Å²) in [4.78, 5) is 27.8. The fourth-order valence-electron chi connectivity index (χ4n) is 2.79. The molecule has 4 aromatic rings. The molecule has 0 radical (unpaired) electrons. The van der Waals surface area contributed by atoms with Gasteiger partial charge in [-0.15, -0.1) is 0 Å². The second-order valence-electron chi connectivity index (χ2n) is 5.87. The minimum absolute atomic E-state index is 0.298. The molecule has 0 saturated carbocycles. The van der Waals surface area contributed by atoms with Gasteiger partial charge in [-0.05, 0) is 30.7 Å². The van der Waals surface area contributed by atoms with Crippen molar-refractivity contribution in [2.45, 2.75) is 6.92 Å². The highest BCUT2D eigenvalue weighted by Gasteiger charge is 2.14. The fraction of sp³-hybridized carbons (Fsp3) is 0.167. The van der Waals surface area contributed by atoms with Gasteiger partial charge >= 0.3 is 12.0 Å². The second kappa shape index (κ2) is 7.35. The molecule has 3 N–H and O–H groups in total. The van der Waals surface area contributed by atoms with E-state index >= 15 is 0 Å². The largest absolute Gasteiger partial charge is 0.467 e. The monoisotopic (exact) mass is 378 g/mol. The first-order valence-electron chi connectivity index (χ1n) is 8.63. The van der Waals surface area contributed by atoms with Crippen molar-refractivity contribution in [3.05, 3.63) is 43.0 Å². The Labute approximate surface area is 160 Å². The lowest BCUT2D eigenvalue weighted by molar-refractivity contribution is 0.252. The number of H-pyrrole nitrogens is 1. The van der Waals surface area contributed by atoms with Gasteiger partial charge in [-0.25, -0.2) is 24.4 Å². The van der Waals surface area contributed by atoms with Crippen molar-refractivity contribution in [1.82, 2.24) is 35.0 Å². The summed E-state index contributed by atoms with van der Waals surface area (Å²) in [5.74, 6) is 0.345. The van der Waals surface area contributed by atoms with E-state index in [1.54, 1.807) is 23.3 Å². The van der Waals surface area contributed by atoms with E-state index in [0.717, 1.165) is 22.3 Å². The smallest absolute Gasteiger partial charge is 0.321 e. The number of urea groups is 1. The number of imidazole rings is 1. The molecule has 0 saturated heterocycles. The third-order valence-electron chi connectivity index (χ3n) is 4.03. The zero-order valence-electron chi connectivity index (χ0n) is 15.3. The molecule has 0 unspecified atom stereocenters. The molecule has 10 heteroatoms. The number of nitrogens with zero attached hydrogens (tertiary/aromatic N) is 5. The number of rotatable bonds is 5. The molecule has 0 spiro atoms. The summed E-state index contributed by atoms with van der Waals surface area (Å²) in [5, 5.41) is 9.67. The van der Waals surface area contributed by atoms with Gasteiger partial charge < -0.3 is 15.0 Å². The normalized spacial score (nSPS) is 10.8. The number of carbonyl (C=O) groups excluding carboxylic acids is 1. The van der Waals surface area contributed by atoms with Gasteiger partial charge in [-0.2, -0.15) is 5.10 Å². The molecule has 142 valence electrons. The Morgan fingerprint density at radius 3 is 2.75 bits per heavy atom.